The van der Waals surface area contributed by atoms with Crippen LogP contribution in [0.1, 0.15) is 20.8 Å². The molecule has 4 heteroatoms. The molecule has 88 valence electrons. The van der Waals surface area contributed by atoms with Crippen molar-refractivity contribution in [3.63, 3.8) is 0 Å². The molecule has 0 spiro atoms. The Bertz CT molecular complexity index is 635. The van der Waals surface area contributed by atoms with E-state index in [4.69, 9.17) is 5.26 Å². The highest BCUT2D eigenvalue weighted by Crippen LogP contribution is 2.23. The summed E-state index contributed by atoms with van der Waals surface area (Å²) in [7, 11) is 0. The van der Waals surface area contributed by atoms with Gasteiger partial charge in [-0.3, -0.25) is 4.79 Å². The van der Waals surface area contributed by atoms with Gasteiger partial charge in [-0.05, 0) is 64.5 Å². The molecule has 0 bridgehead atoms. The number of hydrogen-bond acceptors (Lipinski definition) is 3. The fourth-order valence-corrected chi connectivity index (χ4v) is 2.71. The molecule has 1 aromatic heterocycles. The lowest BCUT2D eigenvalue weighted by atomic mass is 10.1. The average molecular weight is 318 g/mol. The molecule has 0 aliphatic heterocycles. The van der Waals surface area contributed by atoms with Gasteiger partial charge in [0.05, 0.1) is 15.4 Å². The van der Waals surface area contributed by atoms with Crippen molar-refractivity contribution >= 4 is 39.1 Å². The van der Waals surface area contributed by atoms with Gasteiger partial charge in [0, 0.05) is 10.4 Å². The number of thiophene rings is 1. The molecule has 2 rings (SSSR count). The smallest absolute Gasteiger partial charge is 0.185 e. The van der Waals surface area contributed by atoms with Gasteiger partial charge in [0.2, 0.25) is 0 Å². The van der Waals surface area contributed by atoms with E-state index in [9.17, 15) is 4.79 Å². The maximum atomic E-state index is 11.8. The van der Waals surface area contributed by atoms with Crippen LogP contribution in [0.3, 0.4) is 0 Å². The maximum Gasteiger partial charge on any atom is 0.185 e. The monoisotopic (exact) mass is 317 g/mol. The molecule has 0 aliphatic carbocycles. The Hall–Kier alpha value is -1.70. The molecule has 0 N–H and O–H groups in total. The predicted octanol–water partition coefficient (Wildman–Crippen LogP) is 4.28. The Morgan fingerprint density at radius 3 is 2.50 bits per heavy atom. The van der Waals surface area contributed by atoms with Crippen LogP contribution in [-0.4, -0.2) is 5.78 Å². The Balaban J connectivity index is 2.12. The number of nitriles is 1. The van der Waals surface area contributed by atoms with E-state index in [0.717, 1.165) is 8.66 Å². The van der Waals surface area contributed by atoms with E-state index in [1.54, 1.807) is 47.8 Å². The summed E-state index contributed by atoms with van der Waals surface area (Å²) in [5, 5.41) is 8.67. The molecule has 0 fully saturated rings. The number of benzene rings is 1. The first-order valence-electron chi connectivity index (χ1n) is 5.17. The lowest BCUT2D eigenvalue weighted by Crippen LogP contribution is -1.93. The lowest BCUT2D eigenvalue weighted by molar-refractivity contribution is 0.104. The fourth-order valence-electron chi connectivity index (χ4n) is 1.38. The standard InChI is InChI=1S/C14H8BrNOS/c15-14-8-6-12(18-14)5-7-13(17)11-3-1-10(9-16)2-4-11/h1-8H. The van der Waals surface area contributed by atoms with Gasteiger partial charge in [0.25, 0.3) is 0 Å². The zero-order valence-electron chi connectivity index (χ0n) is 9.26. The minimum Gasteiger partial charge on any atom is -0.289 e. The van der Waals surface area contributed by atoms with Gasteiger partial charge in [-0.15, -0.1) is 11.3 Å². The molecule has 2 nitrogen and oxygen atoms in total. The summed E-state index contributed by atoms with van der Waals surface area (Å²) in [6.45, 7) is 0. The maximum absolute atomic E-state index is 11.8. The van der Waals surface area contributed by atoms with Gasteiger partial charge in [-0.25, -0.2) is 0 Å². The predicted molar refractivity (Wildman–Crippen MR) is 76.5 cm³/mol. The molecule has 0 saturated carbocycles. The SMILES string of the molecule is N#Cc1ccc(C(=O)C=Cc2ccc(Br)s2)cc1. The number of ketones is 1. The first kappa shape index (κ1) is 12.7. The van der Waals surface area contributed by atoms with Gasteiger partial charge in [-0.2, -0.15) is 5.26 Å². The second-order valence-corrected chi connectivity index (χ2v) is 6.02. The van der Waals surface area contributed by atoms with Crippen molar-refractivity contribution in [2.45, 2.75) is 0 Å². The summed E-state index contributed by atoms with van der Waals surface area (Å²) >= 11 is 4.93. The van der Waals surface area contributed by atoms with Crippen LogP contribution in [0, 0.1) is 11.3 Å². The van der Waals surface area contributed by atoms with Crippen LogP contribution in [0.15, 0.2) is 46.3 Å². The van der Waals surface area contributed by atoms with E-state index in [1.807, 2.05) is 18.2 Å². The van der Waals surface area contributed by atoms with Crippen molar-refractivity contribution < 1.29 is 4.79 Å². The Morgan fingerprint density at radius 2 is 1.94 bits per heavy atom. The molecule has 0 aliphatic rings. The second kappa shape index (κ2) is 5.76. The molecular weight excluding hydrogens is 310 g/mol. The zero-order valence-corrected chi connectivity index (χ0v) is 11.7. The Labute approximate surface area is 117 Å². The van der Waals surface area contributed by atoms with Crippen molar-refractivity contribution in [3.8, 4) is 6.07 Å². The zero-order chi connectivity index (χ0) is 13.0. The Morgan fingerprint density at radius 1 is 1.22 bits per heavy atom. The van der Waals surface area contributed by atoms with Crippen molar-refractivity contribution in [2.75, 3.05) is 0 Å². The van der Waals surface area contributed by atoms with Crippen LogP contribution < -0.4 is 0 Å². The number of allylic oxidation sites excluding steroid dienone is 1. The molecule has 0 amide bonds. The number of rotatable bonds is 3. The van der Waals surface area contributed by atoms with Crippen LogP contribution >= 0.6 is 27.3 Å². The molecule has 1 aromatic carbocycles. The topological polar surface area (TPSA) is 40.9 Å². The first-order valence-corrected chi connectivity index (χ1v) is 6.78. The lowest BCUT2D eigenvalue weighted by Gasteiger charge is -1.95. The van der Waals surface area contributed by atoms with E-state index < -0.39 is 0 Å². The average Bonchev–Trinajstić information content (AvgIpc) is 2.82. The number of nitrogens with zero attached hydrogens (tertiary/aromatic N) is 1. The van der Waals surface area contributed by atoms with Gasteiger partial charge in [-0.1, -0.05) is 0 Å². The van der Waals surface area contributed by atoms with Gasteiger partial charge in [0.15, 0.2) is 5.78 Å². The van der Waals surface area contributed by atoms with Crippen molar-refractivity contribution in [1.82, 2.24) is 0 Å². The highest BCUT2D eigenvalue weighted by Gasteiger charge is 2.01. The number of halogens is 1. The second-order valence-electron chi connectivity index (χ2n) is 3.53. The highest BCUT2D eigenvalue weighted by molar-refractivity contribution is 9.11. The molecule has 0 unspecified atom stereocenters. The molecule has 18 heavy (non-hydrogen) atoms. The molecule has 1 heterocycles. The van der Waals surface area contributed by atoms with Crippen LogP contribution in [0.25, 0.3) is 6.08 Å². The third-order valence-corrected chi connectivity index (χ3v) is 3.88. The quantitative estimate of drug-likeness (QED) is 0.626. The summed E-state index contributed by atoms with van der Waals surface area (Å²) in [6, 6.07) is 12.5. The molecule has 0 radical (unpaired) electrons. The van der Waals surface area contributed by atoms with Crippen molar-refractivity contribution in [2.24, 2.45) is 0 Å². The summed E-state index contributed by atoms with van der Waals surface area (Å²) in [6.07, 6.45) is 3.33. The molecule has 2 aromatic rings. The minimum atomic E-state index is -0.0657. The van der Waals surface area contributed by atoms with Gasteiger partial charge < -0.3 is 0 Å². The Kier molecular flexibility index (Phi) is 4.08. The van der Waals surface area contributed by atoms with E-state index in [0.29, 0.717) is 11.1 Å². The third kappa shape index (κ3) is 3.16. The van der Waals surface area contributed by atoms with Crippen LogP contribution in [0.5, 0.6) is 0 Å². The number of carbonyl (C=O) groups excluding carboxylic acids is 1. The number of carbonyl (C=O) groups is 1. The van der Waals surface area contributed by atoms with Crippen LogP contribution in [-0.2, 0) is 0 Å². The number of hydrogen-bond donors (Lipinski definition) is 0. The summed E-state index contributed by atoms with van der Waals surface area (Å²) in [5.41, 5.74) is 1.14. The largest absolute Gasteiger partial charge is 0.289 e. The van der Waals surface area contributed by atoms with E-state index in [1.165, 1.54) is 0 Å². The van der Waals surface area contributed by atoms with E-state index >= 15 is 0 Å². The third-order valence-electron chi connectivity index (χ3n) is 2.29. The summed E-state index contributed by atoms with van der Waals surface area (Å²) < 4.78 is 1.04. The highest BCUT2D eigenvalue weighted by atomic mass is 79.9. The van der Waals surface area contributed by atoms with Crippen molar-refractivity contribution in [3.05, 3.63) is 62.3 Å². The normalized spacial score (nSPS) is 10.4. The molecule has 0 atom stereocenters. The van der Waals surface area contributed by atoms with E-state index in [2.05, 4.69) is 15.9 Å². The van der Waals surface area contributed by atoms with Gasteiger partial charge >= 0.3 is 0 Å². The van der Waals surface area contributed by atoms with Crippen LogP contribution in [0.2, 0.25) is 0 Å². The van der Waals surface area contributed by atoms with Gasteiger partial charge in [0.1, 0.15) is 0 Å². The van der Waals surface area contributed by atoms with Crippen molar-refractivity contribution in [1.29, 1.82) is 5.26 Å². The summed E-state index contributed by atoms with van der Waals surface area (Å²) in [5.74, 6) is -0.0657. The fraction of sp³-hybridized carbons (Fsp3) is 0. The minimum absolute atomic E-state index is 0.0657. The molecule has 0 saturated heterocycles. The molecular formula is C14H8BrNOS. The van der Waals surface area contributed by atoms with Crippen LogP contribution in [0.4, 0.5) is 0 Å². The summed E-state index contributed by atoms with van der Waals surface area (Å²) in [4.78, 5) is 12.9. The van der Waals surface area contributed by atoms with E-state index in [-0.39, 0.29) is 5.78 Å². The first-order chi connectivity index (χ1) is 8.69.